The number of fused-ring (bicyclic) bond motifs is 5. The molecule has 3 N–H and O–H groups in total. The van der Waals surface area contributed by atoms with E-state index in [1.54, 1.807) is 0 Å². The van der Waals surface area contributed by atoms with Gasteiger partial charge in [-0.05, 0) is 69.2 Å². The molecule has 5 rings (SSSR count). The van der Waals surface area contributed by atoms with Crippen molar-refractivity contribution >= 4 is 16.6 Å². The Morgan fingerprint density at radius 3 is 2.68 bits per heavy atom. The van der Waals surface area contributed by atoms with E-state index in [9.17, 15) is 0 Å². The highest BCUT2D eigenvalue weighted by atomic mass is 16.7. The predicted octanol–water partition coefficient (Wildman–Crippen LogP) is 5.22. The molecule has 0 radical (unpaired) electrons. The van der Waals surface area contributed by atoms with E-state index in [-0.39, 0.29) is 11.5 Å². The largest absolute Gasteiger partial charge is 0.385 e. The van der Waals surface area contributed by atoms with Gasteiger partial charge in [0.2, 0.25) is 0 Å². The Hall–Kier alpha value is -2.31. The second kappa shape index (κ2) is 7.99. The highest BCUT2D eigenvalue weighted by Crippen LogP contribution is 2.45. The van der Waals surface area contributed by atoms with Gasteiger partial charge in [-0.15, -0.1) is 0 Å². The normalized spacial score (nSPS) is 18.8. The van der Waals surface area contributed by atoms with Crippen LogP contribution in [-0.2, 0) is 27.7 Å². The summed E-state index contributed by atoms with van der Waals surface area (Å²) in [7, 11) is 0. The van der Waals surface area contributed by atoms with Crippen LogP contribution >= 0.6 is 0 Å². The van der Waals surface area contributed by atoms with Crippen LogP contribution in [0, 0.1) is 6.92 Å². The number of nitrogens with one attached hydrogen (secondary N) is 3. The van der Waals surface area contributed by atoms with Crippen LogP contribution in [0.5, 0.6) is 0 Å². The molecule has 31 heavy (non-hydrogen) atoms. The molecule has 166 valence electrons. The van der Waals surface area contributed by atoms with Crippen molar-refractivity contribution in [2.45, 2.75) is 71.3 Å². The molecule has 3 aromatic rings. The summed E-state index contributed by atoms with van der Waals surface area (Å²) < 4.78 is 11.7. The SMILES string of the molecule is CCNc1cc2c3c([nH]c2cc1C(CC)(CC)C1COCO1)-c1n[nH]c(C)c1CCC3. The van der Waals surface area contributed by atoms with Gasteiger partial charge in [0.1, 0.15) is 12.5 Å². The van der Waals surface area contributed by atoms with E-state index < -0.39 is 0 Å². The van der Waals surface area contributed by atoms with Crippen LogP contribution in [0.25, 0.3) is 22.3 Å². The van der Waals surface area contributed by atoms with E-state index in [1.165, 1.54) is 44.7 Å². The number of nitrogens with zero attached hydrogens (tertiary/aromatic N) is 1. The van der Waals surface area contributed by atoms with Crippen molar-refractivity contribution in [2.75, 3.05) is 25.3 Å². The molecule has 0 spiro atoms. The molecule has 1 atom stereocenters. The summed E-state index contributed by atoms with van der Waals surface area (Å²) in [5.74, 6) is 0. The van der Waals surface area contributed by atoms with Gasteiger partial charge in [0, 0.05) is 39.8 Å². The molecule has 3 heterocycles. The van der Waals surface area contributed by atoms with Crippen molar-refractivity contribution in [3.8, 4) is 11.4 Å². The summed E-state index contributed by atoms with van der Waals surface area (Å²) in [6.07, 6.45) is 5.38. The number of rotatable bonds is 6. The monoisotopic (exact) mass is 422 g/mol. The van der Waals surface area contributed by atoms with E-state index in [0.29, 0.717) is 13.4 Å². The quantitative estimate of drug-likeness (QED) is 0.509. The van der Waals surface area contributed by atoms with Crippen LogP contribution in [0.15, 0.2) is 12.1 Å². The summed E-state index contributed by atoms with van der Waals surface area (Å²) >= 11 is 0. The molecule has 6 heteroatoms. The number of hydrogen-bond donors (Lipinski definition) is 3. The molecule has 1 aliphatic carbocycles. The lowest BCUT2D eigenvalue weighted by Crippen LogP contribution is -2.40. The summed E-state index contributed by atoms with van der Waals surface area (Å²) in [5, 5.41) is 12.9. The molecule has 0 bridgehead atoms. The molecule has 0 saturated carbocycles. The highest BCUT2D eigenvalue weighted by molar-refractivity contribution is 5.94. The van der Waals surface area contributed by atoms with Crippen molar-refractivity contribution in [3.05, 3.63) is 34.5 Å². The van der Waals surface area contributed by atoms with E-state index in [4.69, 9.17) is 9.47 Å². The number of benzene rings is 1. The Labute approximate surface area is 184 Å². The lowest BCUT2D eigenvalue weighted by molar-refractivity contribution is 0.0151. The molecule has 1 saturated heterocycles. The molecule has 2 aliphatic rings. The highest BCUT2D eigenvalue weighted by Gasteiger charge is 2.42. The first-order chi connectivity index (χ1) is 15.1. The smallest absolute Gasteiger partial charge is 0.147 e. The maximum absolute atomic E-state index is 6.07. The summed E-state index contributed by atoms with van der Waals surface area (Å²) in [6, 6.07) is 4.74. The zero-order valence-corrected chi connectivity index (χ0v) is 19.2. The number of aromatic amines is 2. The predicted molar refractivity (Wildman–Crippen MR) is 125 cm³/mol. The molecule has 1 unspecified atom stereocenters. The van der Waals surface area contributed by atoms with Gasteiger partial charge in [0.25, 0.3) is 0 Å². The van der Waals surface area contributed by atoms with Gasteiger partial charge in [-0.25, -0.2) is 0 Å². The maximum atomic E-state index is 6.07. The van der Waals surface area contributed by atoms with Gasteiger partial charge in [-0.2, -0.15) is 5.10 Å². The van der Waals surface area contributed by atoms with Crippen molar-refractivity contribution in [3.63, 3.8) is 0 Å². The van der Waals surface area contributed by atoms with Crippen LogP contribution < -0.4 is 5.32 Å². The fourth-order valence-corrected chi connectivity index (χ4v) is 5.83. The molecule has 1 fully saturated rings. The summed E-state index contributed by atoms with van der Waals surface area (Å²) in [6.45, 7) is 10.8. The number of H-pyrrole nitrogens is 2. The van der Waals surface area contributed by atoms with Crippen LogP contribution in [0.3, 0.4) is 0 Å². The minimum Gasteiger partial charge on any atom is -0.385 e. The Balaban J connectivity index is 1.73. The third kappa shape index (κ3) is 3.11. The van der Waals surface area contributed by atoms with Crippen LogP contribution in [-0.4, -0.2) is 41.2 Å². The number of ether oxygens (including phenoxy) is 2. The Kier molecular flexibility index (Phi) is 5.30. The lowest BCUT2D eigenvalue weighted by atomic mass is 9.70. The Bertz CT molecular complexity index is 1090. The first-order valence-corrected chi connectivity index (χ1v) is 11.8. The van der Waals surface area contributed by atoms with Gasteiger partial charge in [-0.1, -0.05) is 13.8 Å². The van der Waals surface area contributed by atoms with E-state index in [2.05, 4.69) is 60.3 Å². The van der Waals surface area contributed by atoms with E-state index in [1.807, 2.05) is 0 Å². The number of hydrogen-bond acceptors (Lipinski definition) is 4. The topological polar surface area (TPSA) is 75.0 Å². The third-order valence-corrected chi connectivity index (χ3v) is 7.61. The van der Waals surface area contributed by atoms with Crippen molar-refractivity contribution in [2.24, 2.45) is 0 Å². The van der Waals surface area contributed by atoms with Crippen molar-refractivity contribution < 1.29 is 9.47 Å². The molecule has 6 nitrogen and oxygen atoms in total. The lowest BCUT2D eigenvalue weighted by Gasteiger charge is -2.38. The van der Waals surface area contributed by atoms with Gasteiger partial charge in [0.15, 0.2) is 0 Å². The van der Waals surface area contributed by atoms with E-state index >= 15 is 0 Å². The molecule has 1 aromatic carbocycles. The van der Waals surface area contributed by atoms with Gasteiger partial charge in [-0.3, -0.25) is 5.10 Å². The van der Waals surface area contributed by atoms with Crippen LogP contribution in [0.2, 0.25) is 0 Å². The van der Waals surface area contributed by atoms with Gasteiger partial charge < -0.3 is 19.8 Å². The fraction of sp³-hybridized carbons (Fsp3) is 0.560. The second-order valence-electron chi connectivity index (χ2n) is 8.99. The summed E-state index contributed by atoms with van der Waals surface area (Å²) in [5.41, 5.74) is 9.87. The van der Waals surface area contributed by atoms with Crippen molar-refractivity contribution in [1.29, 1.82) is 0 Å². The number of aryl methyl sites for hydroxylation is 2. The number of anilines is 1. The minimum absolute atomic E-state index is 0.0748. The fourth-order valence-electron chi connectivity index (χ4n) is 5.83. The molecular formula is C25H34N4O2. The Morgan fingerprint density at radius 1 is 1.16 bits per heavy atom. The third-order valence-electron chi connectivity index (χ3n) is 7.61. The average Bonchev–Trinajstić information content (AvgIpc) is 3.48. The second-order valence-corrected chi connectivity index (χ2v) is 8.99. The first-order valence-electron chi connectivity index (χ1n) is 11.8. The standard InChI is InChI=1S/C25H34N4O2/c1-5-25(6-2,22-13-30-14-31-22)19-12-20-18(11-21(19)26-7-3)17-10-8-9-16-15(4)28-29-24(16)23(17)27-20/h11-12,22,26-27H,5-10,13-14H2,1-4H3,(H,28,29). The summed E-state index contributed by atoms with van der Waals surface area (Å²) in [4.78, 5) is 3.76. The van der Waals surface area contributed by atoms with Gasteiger partial charge in [0.05, 0.1) is 18.4 Å². The van der Waals surface area contributed by atoms with Gasteiger partial charge >= 0.3 is 0 Å². The number of aromatic nitrogens is 3. The van der Waals surface area contributed by atoms with Crippen molar-refractivity contribution in [1.82, 2.24) is 15.2 Å². The molecule has 0 amide bonds. The zero-order chi connectivity index (χ0) is 21.6. The van der Waals surface area contributed by atoms with Crippen LogP contribution in [0.4, 0.5) is 5.69 Å². The molecule has 1 aliphatic heterocycles. The average molecular weight is 423 g/mol. The maximum Gasteiger partial charge on any atom is 0.147 e. The minimum atomic E-state index is -0.0845. The Morgan fingerprint density at radius 2 is 1.97 bits per heavy atom. The zero-order valence-electron chi connectivity index (χ0n) is 19.2. The molecule has 2 aromatic heterocycles. The molecular weight excluding hydrogens is 388 g/mol. The van der Waals surface area contributed by atoms with Crippen LogP contribution in [0.1, 0.15) is 62.4 Å². The van der Waals surface area contributed by atoms with E-state index in [0.717, 1.165) is 44.3 Å². The first kappa shape index (κ1) is 20.6.